The Morgan fingerprint density at radius 1 is 1.37 bits per heavy atom. The number of carbonyl (C=O) groups excluding carboxylic acids is 1. The Bertz CT molecular complexity index is 533. The standard InChI is InChI=1S/C12H12ClNO5/c13-6-1-2-8(10(16)3-6)11(17)14-5-7(15)4-9(14)12(18)19/h1-3,7,9,15-16H,4-5H2,(H,18,19). The van der Waals surface area contributed by atoms with Crippen LogP contribution in [0.4, 0.5) is 0 Å². The number of rotatable bonds is 2. The molecule has 102 valence electrons. The summed E-state index contributed by atoms with van der Waals surface area (Å²) < 4.78 is 0. The fourth-order valence-electron chi connectivity index (χ4n) is 2.11. The number of phenolic OH excluding ortho intramolecular Hbond substituents is 1. The summed E-state index contributed by atoms with van der Waals surface area (Å²) in [5.74, 6) is -2.14. The third-order valence-corrected chi connectivity index (χ3v) is 3.25. The van der Waals surface area contributed by atoms with Gasteiger partial charge in [-0.25, -0.2) is 4.79 Å². The number of aliphatic carboxylic acids is 1. The van der Waals surface area contributed by atoms with Crippen LogP contribution in [0.2, 0.25) is 5.02 Å². The Morgan fingerprint density at radius 2 is 2.05 bits per heavy atom. The number of aliphatic hydroxyl groups excluding tert-OH is 1. The van der Waals surface area contributed by atoms with Crippen molar-refractivity contribution < 1.29 is 24.9 Å². The van der Waals surface area contributed by atoms with Gasteiger partial charge < -0.3 is 20.2 Å². The molecule has 6 nitrogen and oxygen atoms in total. The van der Waals surface area contributed by atoms with E-state index in [-0.39, 0.29) is 29.3 Å². The number of aromatic hydroxyl groups is 1. The van der Waals surface area contributed by atoms with Gasteiger partial charge in [0.2, 0.25) is 0 Å². The van der Waals surface area contributed by atoms with Crippen LogP contribution in [0.15, 0.2) is 18.2 Å². The van der Waals surface area contributed by atoms with Gasteiger partial charge in [-0.15, -0.1) is 0 Å². The largest absolute Gasteiger partial charge is 0.507 e. The predicted molar refractivity (Wildman–Crippen MR) is 66.2 cm³/mol. The summed E-state index contributed by atoms with van der Waals surface area (Å²) >= 11 is 5.66. The smallest absolute Gasteiger partial charge is 0.326 e. The summed E-state index contributed by atoms with van der Waals surface area (Å²) in [5.41, 5.74) is -0.0373. The SMILES string of the molecule is O=C(O)C1CC(O)CN1C(=O)c1ccc(Cl)cc1O. The molecule has 0 bridgehead atoms. The lowest BCUT2D eigenvalue weighted by Crippen LogP contribution is -2.40. The summed E-state index contributed by atoms with van der Waals surface area (Å²) in [4.78, 5) is 24.3. The van der Waals surface area contributed by atoms with Gasteiger partial charge >= 0.3 is 5.97 Å². The average molecular weight is 286 g/mol. The first-order valence-corrected chi connectivity index (χ1v) is 5.98. The van der Waals surface area contributed by atoms with Crippen LogP contribution in [0, 0.1) is 0 Å². The zero-order valence-corrected chi connectivity index (χ0v) is 10.5. The monoisotopic (exact) mass is 285 g/mol. The third-order valence-electron chi connectivity index (χ3n) is 3.02. The van der Waals surface area contributed by atoms with E-state index in [0.717, 1.165) is 4.90 Å². The second-order valence-corrected chi connectivity index (χ2v) is 4.80. The second kappa shape index (κ2) is 5.07. The van der Waals surface area contributed by atoms with Crippen molar-refractivity contribution in [3.8, 4) is 5.75 Å². The quantitative estimate of drug-likeness (QED) is 0.743. The highest BCUT2D eigenvalue weighted by atomic mass is 35.5. The molecule has 0 aliphatic carbocycles. The van der Waals surface area contributed by atoms with Crippen molar-refractivity contribution in [3.05, 3.63) is 28.8 Å². The number of hydrogen-bond donors (Lipinski definition) is 3. The van der Waals surface area contributed by atoms with Crippen LogP contribution in [-0.4, -0.2) is 50.8 Å². The van der Waals surface area contributed by atoms with Crippen LogP contribution in [-0.2, 0) is 4.79 Å². The third kappa shape index (κ3) is 2.64. The molecule has 0 spiro atoms. The number of aliphatic hydroxyl groups is 1. The second-order valence-electron chi connectivity index (χ2n) is 4.36. The van der Waals surface area contributed by atoms with Crippen molar-refractivity contribution >= 4 is 23.5 Å². The number of carboxylic acids is 1. The number of halogens is 1. The van der Waals surface area contributed by atoms with Gasteiger partial charge in [0, 0.05) is 18.0 Å². The first-order valence-electron chi connectivity index (χ1n) is 5.60. The molecule has 0 aromatic heterocycles. The molecule has 1 aromatic carbocycles. The number of benzene rings is 1. The van der Waals surface area contributed by atoms with E-state index >= 15 is 0 Å². The molecule has 0 saturated carbocycles. The maximum Gasteiger partial charge on any atom is 0.326 e. The minimum absolute atomic E-state index is 0.0184. The van der Waals surface area contributed by atoms with E-state index in [9.17, 15) is 19.8 Å². The molecule has 1 amide bonds. The number of likely N-dealkylation sites (tertiary alicyclic amines) is 1. The van der Waals surface area contributed by atoms with Crippen molar-refractivity contribution in [3.63, 3.8) is 0 Å². The van der Waals surface area contributed by atoms with Crippen LogP contribution in [0.5, 0.6) is 5.75 Å². The minimum atomic E-state index is -1.18. The van der Waals surface area contributed by atoms with E-state index in [1.165, 1.54) is 18.2 Å². The topological polar surface area (TPSA) is 98.1 Å². The number of nitrogens with zero attached hydrogens (tertiary/aromatic N) is 1. The van der Waals surface area contributed by atoms with Crippen molar-refractivity contribution in [2.24, 2.45) is 0 Å². The normalized spacial score (nSPS) is 22.5. The van der Waals surface area contributed by atoms with E-state index in [1.807, 2.05) is 0 Å². The zero-order chi connectivity index (χ0) is 14.2. The van der Waals surface area contributed by atoms with Gasteiger partial charge in [-0.05, 0) is 18.2 Å². The lowest BCUT2D eigenvalue weighted by Gasteiger charge is -2.21. The van der Waals surface area contributed by atoms with Gasteiger partial charge in [0.25, 0.3) is 5.91 Å². The Labute approximate surface area is 113 Å². The highest BCUT2D eigenvalue weighted by Gasteiger charge is 2.39. The first-order chi connectivity index (χ1) is 8.90. The lowest BCUT2D eigenvalue weighted by molar-refractivity contribution is -0.141. The molecule has 19 heavy (non-hydrogen) atoms. The van der Waals surface area contributed by atoms with Crippen molar-refractivity contribution in [1.82, 2.24) is 4.90 Å². The molecule has 1 fully saturated rings. The highest BCUT2D eigenvalue weighted by Crippen LogP contribution is 2.27. The fourth-order valence-corrected chi connectivity index (χ4v) is 2.28. The molecule has 3 N–H and O–H groups in total. The summed E-state index contributed by atoms with van der Waals surface area (Å²) in [5, 5.41) is 28.4. The van der Waals surface area contributed by atoms with E-state index in [2.05, 4.69) is 0 Å². The maximum absolute atomic E-state index is 12.2. The first kappa shape index (κ1) is 13.6. The Kier molecular flexibility index (Phi) is 3.64. The number of hydrogen-bond acceptors (Lipinski definition) is 4. The molecule has 1 aliphatic heterocycles. The molecule has 2 rings (SSSR count). The molecule has 1 aromatic rings. The minimum Gasteiger partial charge on any atom is -0.507 e. The molecule has 7 heteroatoms. The van der Waals surface area contributed by atoms with Crippen molar-refractivity contribution in [2.45, 2.75) is 18.6 Å². The van der Waals surface area contributed by atoms with Crippen LogP contribution >= 0.6 is 11.6 Å². The summed E-state index contributed by atoms with van der Waals surface area (Å²) in [6.45, 7) is -0.0716. The molecule has 1 saturated heterocycles. The predicted octanol–water partition coefficient (Wildman–Crippen LogP) is 0.706. The number of β-amino-alcohol motifs (C(OH)–C–C–N with tert-alkyl or cyclic N) is 1. The van der Waals surface area contributed by atoms with Crippen molar-refractivity contribution in [1.29, 1.82) is 0 Å². The molecular weight excluding hydrogens is 274 g/mol. The molecule has 1 heterocycles. The summed E-state index contributed by atoms with van der Waals surface area (Å²) in [6, 6.07) is 2.87. The van der Waals surface area contributed by atoms with Gasteiger partial charge in [-0.3, -0.25) is 4.79 Å². The number of carboxylic acid groups (broad SMARTS) is 1. The summed E-state index contributed by atoms with van der Waals surface area (Å²) in [6.07, 6.45) is -0.894. The number of phenols is 1. The zero-order valence-electron chi connectivity index (χ0n) is 9.78. The number of carbonyl (C=O) groups is 2. The van der Waals surface area contributed by atoms with Gasteiger partial charge in [0.05, 0.1) is 11.7 Å². The van der Waals surface area contributed by atoms with Crippen LogP contribution in [0.3, 0.4) is 0 Å². The van der Waals surface area contributed by atoms with E-state index in [0.29, 0.717) is 0 Å². The van der Waals surface area contributed by atoms with Crippen LogP contribution < -0.4 is 0 Å². The lowest BCUT2D eigenvalue weighted by atomic mass is 10.1. The molecule has 1 aliphatic rings. The van der Waals surface area contributed by atoms with Crippen LogP contribution in [0.25, 0.3) is 0 Å². The van der Waals surface area contributed by atoms with Gasteiger partial charge in [0.1, 0.15) is 11.8 Å². The van der Waals surface area contributed by atoms with Crippen LogP contribution in [0.1, 0.15) is 16.8 Å². The highest BCUT2D eigenvalue weighted by molar-refractivity contribution is 6.30. The molecule has 2 unspecified atom stereocenters. The van der Waals surface area contributed by atoms with E-state index in [1.54, 1.807) is 0 Å². The number of amides is 1. The fraction of sp³-hybridized carbons (Fsp3) is 0.333. The van der Waals surface area contributed by atoms with Gasteiger partial charge in [-0.1, -0.05) is 11.6 Å². The maximum atomic E-state index is 12.2. The van der Waals surface area contributed by atoms with E-state index < -0.39 is 24.0 Å². The molecule has 0 radical (unpaired) electrons. The summed E-state index contributed by atoms with van der Waals surface area (Å²) in [7, 11) is 0. The molecular formula is C12H12ClNO5. The Balaban J connectivity index is 2.30. The van der Waals surface area contributed by atoms with E-state index in [4.69, 9.17) is 16.7 Å². The Hall–Kier alpha value is -1.79. The van der Waals surface area contributed by atoms with Crippen molar-refractivity contribution in [2.75, 3.05) is 6.54 Å². The Morgan fingerprint density at radius 3 is 2.63 bits per heavy atom. The van der Waals surface area contributed by atoms with Gasteiger partial charge in [0.15, 0.2) is 0 Å². The van der Waals surface area contributed by atoms with Gasteiger partial charge in [-0.2, -0.15) is 0 Å². The average Bonchev–Trinajstić information content (AvgIpc) is 2.70. The molecule has 2 atom stereocenters.